The van der Waals surface area contributed by atoms with Crippen LogP contribution in [0.5, 0.6) is 11.5 Å². The number of allylic oxidation sites excluding steroid dienone is 2. The van der Waals surface area contributed by atoms with Gasteiger partial charge in [0.25, 0.3) is 0 Å². The summed E-state index contributed by atoms with van der Waals surface area (Å²) in [6, 6.07) is -1.34. The fraction of sp³-hybridized carbons (Fsp3) is 0.765. The second kappa shape index (κ2) is 24.0. The number of carbonyl (C=O) groups is 4. The number of cyclic esters (lactones) is 2. The quantitative estimate of drug-likeness (QED) is 0.0872. The van der Waals surface area contributed by atoms with Gasteiger partial charge in [0.1, 0.15) is 47.6 Å². The number of phenolic OH excluding ortho intramolecular Hbond substituents is 1. The third kappa shape index (κ3) is 13.8. The number of hydrogen-bond donors (Lipinski definition) is 6. The van der Waals surface area contributed by atoms with Crippen molar-refractivity contribution >= 4 is 23.8 Å². The van der Waals surface area contributed by atoms with Crippen LogP contribution in [0, 0.1) is 30.6 Å². The number of ether oxygens (including phenoxy) is 6. The molecule has 18 nitrogen and oxygen atoms in total. The minimum absolute atomic E-state index is 0.0782. The highest BCUT2D eigenvalue weighted by atomic mass is 16.7. The van der Waals surface area contributed by atoms with Gasteiger partial charge in [-0.2, -0.15) is 0 Å². The first kappa shape index (κ1) is 57.7. The van der Waals surface area contributed by atoms with Crippen molar-refractivity contribution in [2.24, 2.45) is 23.7 Å². The van der Waals surface area contributed by atoms with Gasteiger partial charge in [-0.1, -0.05) is 32.4 Å². The number of rotatable bonds is 14. The van der Waals surface area contributed by atoms with Crippen molar-refractivity contribution in [2.45, 2.75) is 194 Å². The maximum absolute atomic E-state index is 13.7. The van der Waals surface area contributed by atoms with Crippen LogP contribution in [-0.2, 0) is 51.1 Å². The number of phenols is 1. The first-order chi connectivity index (χ1) is 32.0. The van der Waals surface area contributed by atoms with E-state index in [-0.39, 0.29) is 74.4 Å². The molecule has 18 heteroatoms. The molecule has 0 spiro atoms. The number of aromatic hydroxyl groups is 1. The third-order valence-corrected chi connectivity index (χ3v) is 14.9. The van der Waals surface area contributed by atoms with Gasteiger partial charge in [-0.3, -0.25) is 14.4 Å². The predicted molar refractivity (Wildman–Crippen MR) is 254 cm³/mol. The Morgan fingerprint density at radius 1 is 1.03 bits per heavy atom. The molecule has 0 aromatic heterocycles. The van der Waals surface area contributed by atoms with Crippen molar-refractivity contribution in [3.8, 4) is 11.5 Å². The maximum atomic E-state index is 13.7. The third-order valence-electron chi connectivity index (χ3n) is 14.9. The standard InChI is InChI=1S/C51H82N2O16/c1-26(15-17-35-42(57)40-36(25-66-48(40)61)30(5)44(35)64-14)16-18-39(55)65-20-19-27(2)21-38(54)53(13)37-22-29(4)67-49(43(37)58)69-46-31(6)41(56)32(7)47(60)68-34(9)51(11,63)45(59)33(8)52(12)24-28(3)23-50(46,10)62/h15,27-29,31-34,37,41,43,45-46,49,56-59,62-63H,16-25H2,1-14H3/t27?,28-,29-,31+,32-,33-,34-,37?,41+,43-,45-,46-,49+,50-,51-/m1/s1. The van der Waals surface area contributed by atoms with E-state index in [1.165, 1.54) is 32.8 Å². The number of nitrogens with zero attached hydrogens (tertiary/aromatic N) is 2. The molecule has 3 aliphatic heterocycles. The van der Waals surface area contributed by atoms with Crippen molar-refractivity contribution in [3.63, 3.8) is 0 Å². The van der Waals surface area contributed by atoms with Crippen LogP contribution < -0.4 is 4.74 Å². The molecular weight excluding hydrogens is 897 g/mol. The van der Waals surface area contributed by atoms with Crippen LogP contribution in [0.4, 0.5) is 0 Å². The van der Waals surface area contributed by atoms with Crippen LogP contribution in [0.1, 0.15) is 135 Å². The van der Waals surface area contributed by atoms with Gasteiger partial charge in [-0.05, 0) is 112 Å². The number of aliphatic hydroxyl groups excluding tert-OH is 3. The number of likely N-dealkylation sites (N-methyl/N-ethyl adjacent to an activating group) is 2. The number of hydrogen-bond acceptors (Lipinski definition) is 17. The highest BCUT2D eigenvalue weighted by Crippen LogP contribution is 2.42. The van der Waals surface area contributed by atoms with E-state index in [1.54, 1.807) is 41.8 Å². The lowest BCUT2D eigenvalue weighted by Crippen LogP contribution is -2.60. The van der Waals surface area contributed by atoms with Gasteiger partial charge < -0.3 is 68.9 Å². The molecule has 69 heavy (non-hydrogen) atoms. The molecule has 2 fully saturated rings. The maximum Gasteiger partial charge on any atom is 0.342 e. The fourth-order valence-electron chi connectivity index (χ4n) is 10.1. The number of esters is 3. The summed E-state index contributed by atoms with van der Waals surface area (Å²) in [6.07, 6.45) is -4.74. The molecule has 1 amide bonds. The molecule has 6 N–H and O–H groups in total. The first-order valence-electron chi connectivity index (χ1n) is 24.4. The van der Waals surface area contributed by atoms with Gasteiger partial charge in [0.15, 0.2) is 6.29 Å². The van der Waals surface area contributed by atoms with Gasteiger partial charge >= 0.3 is 17.9 Å². The largest absolute Gasteiger partial charge is 0.507 e. The molecule has 0 saturated carbocycles. The van der Waals surface area contributed by atoms with E-state index < -0.39 is 95.9 Å². The Balaban J connectivity index is 1.36. The summed E-state index contributed by atoms with van der Waals surface area (Å²) in [4.78, 5) is 55.5. The van der Waals surface area contributed by atoms with Gasteiger partial charge in [0, 0.05) is 49.5 Å². The predicted octanol–water partition coefficient (Wildman–Crippen LogP) is 4.10. The molecular formula is C51H82N2O16. The van der Waals surface area contributed by atoms with E-state index in [2.05, 4.69) is 0 Å². The first-order valence-corrected chi connectivity index (χ1v) is 24.4. The molecule has 1 aromatic carbocycles. The summed E-state index contributed by atoms with van der Waals surface area (Å²) in [6.45, 7) is 19.1. The van der Waals surface area contributed by atoms with Crippen molar-refractivity contribution in [3.05, 3.63) is 33.9 Å². The molecule has 392 valence electrons. The fourth-order valence-corrected chi connectivity index (χ4v) is 10.1. The topological polar surface area (TPSA) is 252 Å². The van der Waals surface area contributed by atoms with E-state index in [9.17, 15) is 49.8 Å². The lowest BCUT2D eigenvalue weighted by Gasteiger charge is -2.47. The number of benzene rings is 1. The Hall–Kier alpha value is -3.88. The number of methoxy groups -OCH3 is 1. The molecule has 1 aromatic rings. The van der Waals surface area contributed by atoms with Crippen molar-refractivity contribution in [1.82, 2.24) is 9.80 Å². The molecule has 3 heterocycles. The average Bonchev–Trinajstić information content (AvgIpc) is 3.68. The summed E-state index contributed by atoms with van der Waals surface area (Å²) >= 11 is 0. The van der Waals surface area contributed by atoms with Crippen LogP contribution in [0.15, 0.2) is 11.6 Å². The second-order valence-corrected chi connectivity index (χ2v) is 20.9. The lowest BCUT2D eigenvalue weighted by molar-refractivity contribution is -0.299. The minimum atomic E-state index is -1.83. The Labute approximate surface area is 408 Å². The van der Waals surface area contributed by atoms with Crippen LogP contribution in [-0.4, -0.2) is 165 Å². The molecule has 2 unspecified atom stereocenters. The Morgan fingerprint density at radius 3 is 2.32 bits per heavy atom. The molecule has 4 rings (SSSR count). The number of amides is 1. The normalized spacial score (nSPS) is 34.7. The highest BCUT2D eigenvalue weighted by Gasteiger charge is 2.50. The lowest BCUT2D eigenvalue weighted by atomic mass is 9.78. The summed E-state index contributed by atoms with van der Waals surface area (Å²) in [5.41, 5.74) is -0.667. The summed E-state index contributed by atoms with van der Waals surface area (Å²) in [7, 11) is 4.88. The number of carbonyl (C=O) groups excluding carboxylic acids is 4. The van der Waals surface area contributed by atoms with Crippen molar-refractivity contribution < 1.29 is 78.2 Å². The van der Waals surface area contributed by atoms with E-state index in [0.29, 0.717) is 36.3 Å². The summed E-state index contributed by atoms with van der Waals surface area (Å²) in [5, 5.41) is 69.2. The molecule has 0 bridgehead atoms. The number of fused-ring (bicyclic) bond motifs is 1. The molecule has 0 radical (unpaired) electrons. The summed E-state index contributed by atoms with van der Waals surface area (Å²) < 4.78 is 34.5. The van der Waals surface area contributed by atoms with Gasteiger partial charge in [-0.25, -0.2) is 4.79 Å². The zero-order valence-electron chi connectivity index (χ0n) is 43.3. The Morgan fingerprint density at radius 2 is 1.68 bits per heavy atom. The van der Waals surface area contributed by atoms with Gasteiger partial charge in [0.2, 0.25) is 5.91 Å². The van der Waals surface area contributed by atoms with Gasteiger partial charge in [0.05, 0.1) is 49.6 Å². The van der Waals surface area contributed by atoms with Crippen molar-refractivity contribution in [1.29, 1.82) is 0 Å². The van der Waals surface area contributed by atoms with E-state index in [0.717, 1.165) is 11.1 Å². The zero-order valence-corrected chi connectivity index (χ0v) is 43.3. The van der Waals surface area contributed by atoms with E-state index in [4.69, 9.17) is 28.4 Å². The van der Waals surface area contributed by atoms with Crippen LogP contribution in [0.3, 0.4) is 0 Å². The number of aliphatic hydroxyl groups is 5. The van der Waals surface area contributed by atoms with Gasteiger partial charge in [-0.15, -0.1) is 0 Å². The van der Waals surface area contributed by atoms with Crippen LogP contribution in [0.2, 0.25) is 0 Å². The van der Waals surface area contributed by atoms with Crippen LogP contribution in [0.25, 0.3) is 0 Å². The SMILES string of the molecule is COc1c(C)c2c(c(O)c1CC=C(C)CCC(=O)OCCC(C)CC(=O)N(C)C1C[C@@H](C)O[C@@H](O[C@@H]3[C@@H](C)[C@H](O)[C@@H](C)C(=O)O[C@H](C)[C@@](C)(O)[C@H](O)[C@@H](C)N(C)C[C@H](C)C[C@@]3(C)O)[C@@H]1O)C(=O)OC2. The smallest absolute Gasteiger partial charge is 0.342 e. The van der Waals surface area contributed by atoms with E-state index >= 15 is 0 Å². The van der Waals surface area contributed by atoms with E-state index in [1.807, 2.05) is 38.7 Å². The monoisotopic (exact) mass is 979 g/mol. The minimum Gasteiger partial charge on any atom is -0.507 e. The molecule has 15 atom stereocenters. The molecule has 2 saturated heterocycles. The molecule has 0 aliphatic carbocycles. The van der Waals surface area contributed by atoms with Crippen LogP contribution >= 0.6 is 0 Å². The second-order valence-electron chi connectivity index (χ2n) is 20.9. The average molecular weight is 979 g/mol. The summed E-state index contributed by atoms with van der Waals surface area (Å²) in [5.74, 6) is -4.25. The molecule has 3 aliphatic rings. The Bertz CT molecular complexity index is 1990. The van der Waals surface area contributed by atoms with Crippen molar-refractivity contribution in [2.75, 3.05) is 34.4 Å². The Kier molecular flexibility index (Phi) is 20.1. The highest BCUT2D eigenvalue weighted by molar-refractivity contribution is 5.98. The zero-order chi connectivity index (χ0) is 52.0.